The van der Waals surface area contributed by atoms with Crippen LogP contribution in [-0.4, -0.2) is 18.3 Å². The van der Waals surface area contributed by atoms with Crippen LogP contribution in [0.5, 0.6) is 0 Å². The fraction of sp³-hybridized carbons (Fsp3) is 0.357. The molecule has 3 atom stereocenters. The van der Waals surface area contributed by atoms with Crippen LogP contribution in [0.15, 0.2) is 35.2 Å². The number of carbonyl (C=O) groups is 1. The molecule has 5 heteroatoms. The van der Waals surface area contributed by atoms with Gasteiger partial charge in [0.2, 0.25) is 0 Å². The maximum atomic E-state index is 11.9. The van der Waals surface area contributed by atoms with Gasteiger partial charge >= 0.3 is 5.97 Å². The van der Waals surface area contributed by atoms with Gasteiger partial charge in [-0.05, 0) is 18.6 Å². The highest BCUT2D eigenvalue weighted by atomic mass is 32.2. The highest BCUT2D eigenvalue weighted by Gasteiger charge is 2.63. The molecule has 0 amide bonds. The van der Waals surface area contributed by atoms with Gasteiger partial charge in [0, 0.05) is 10.1 Å². The lowest BCUT2D eigenvalue weighted by atomic mass is 9.61. The second-order valence-electron chi connectivity index (χ2n) is 4.31. The first-order chi connectivity index (χ1) is 9.18. The van der Waals surface area contributed by atoms with Crippen LogP contribution in [0.1, 0.15) is 6.42 Å². The normalized spacial score (nSPS) is 28.6. The topological polar surface area (TPSA) is 73.9 Å². The van der Waals surface area contributed by atoms with Crippen molar-refractivity contribution in [3.63, 3.8) is 0 Å². The van der Waals surface area contributed by atoms with Crippen LogP contribution in [-0.2, 0) is 9.53 Å². The quantitative estimate of drug-likeness (QED) is 0.790. The summed E-state index contributed by atoms with van der Waals surface area (Å²) in [5.41, 5.74) is -1.34. The van der Waals surface area contributed by atoms with Crippen molar-refractivity contribution in [3.05, 3.63) is 30.3 Å². The Morgan fingerprint density at radius 2 is 2.11 bits per heavy atom. The lowest BCUT2D eigenvalue weighted by Crippen LogP contribution is -2.55. The van der Waals surface area contributed by atoms with E-state index in [2.05, 4.69) is 0 Å². The summed E-state index contributed by atoms with van der Waals surface area (Å²) in [4.78, 5) is 12.9. The molecule has 1 aliphatic carbocycles. The Morgan fingerprint density at radius 3 is 2.63 bits per heavy atom. The smallest absolute Gasteiger partial charge is 0.328 e. The Bertz CT molecular complexity index is 561. The standard InChI is InChI=1S/C14H12N2O2S/c1-18-13(17)14(9-16)10(8-15)7-12(14)19-11-5-3-2-4-6-11/h2-6,10,12H,7H2,1H3/t10-,12-,14+/m1/s1. The summed E-state index contributed by atoms with van der Waals surface area (Å²) in [6, 6.07) is 13.6. The number of thioether (sulfide) groups is 1. The van der Waals surface area contributed by atoms with E-state index in [4.69, 9.17) is 10.00 Å². The minimum atomic E-state index is -1.34. The van der Waals surface area contributed by atoms with Crippen LogP contribution >= 0.6 is 11.8 Å². The highest BCUT2D eigenvalue weighted by Crippen LogP contribution is 2.54. The van der Waals surface area contributed by atoms with Crippen LogP contribution in [0.2, 0.25) is 0 Å². The second-order valence-corrected chi connectivity index (χ2v) is 5.59. The van der Waals surface area contributed by atoms with Gasteiger partial charge in [-0.3, -0.25) is 4.79 Å². The Morgan fingerprint density at radius 1 is 1.42 bits per heavy atom. The predicted octanol–water partition coefficient (Wildman–Crippen LogP) is 2.37. The Kier molecular flexibility index (Phi) is 3.78. The monoisotopic (exact) mass is 272 g/mol. The summed E-state index contributed by atoms with van der Waals surface area (Å²) in [5.74, 6) is -1.20. The van der Waals surface area contributed by atoms with Gasteiger partial charge in [0.1, 0.15) is 0 Å². The Balaban J connectivity index is 2.25. The minimum Gasteiger partial charge on any atom is -0.468 e. The average Bonchev–Trinajstić information content (AvgIpc) is 2.44. The molecule has 0 aromatic heterocycles. The van der Waals surface area contributed by atoms with Crippen molar-refractivity contribution >= 4 is 17.7 Å². The molecule has 0 saturated heterocycles. The summed E-state index contributed by atoms with van der Waals surface area (Å²) >= 11 is 1.45. The van der Waals surface area contributed by atoms with Crippen LogP contribution < -0.4 is 0 Å². The first kappa shape index (κ1) is 13.5. The lowest BCUT2D eigenvalue weighted by molar-refractivity contribution is -0.155. The summed E-state index contributed by atoms with van der Waals surface area (Å²) in [5, 5.41) is 18.2. The van der Waals surface area contributed by atoms with Crippen LogP contribution in [0.4, 0.5) is 0 Å². The molecule has 1 fully saturated rings. The van der Waals surface area contributed by atoms with Crippen molar-refractivity contribution in [2.45, 2.75) is 16.6 Å². The van der Waals surface area contributed by atoms with Gasteiger partial charge in [-0.2, -0.15) is 10.5 Å². The van der Waals surface area contributed by atoms with Gasteiger partial charge in [0.25, 0.3) is 0 Å². The van der Waals surface area contributed by atoms with Gasteiger partial charge in [0.15, 0.2) is 5.41 Å². The molecule has 0 spiro atoms. The molecule has 0 unspecified atom stereocenters. The van der Waals surface area contributed by atoms with E-state index >= 15 is 0 Å². The first-order valence-electron chi connectivity index (χ1n) is 5.80. The van der Waals surface area contributed by atoms with Crippen molar-refractivity contribution in [1.82, 2.24) is 0 Å². The van der Waals surface area contributed by atoms with E-state index in [9.17, 15) is 10.1 Å². The SMILES string of the molecule is COC(=O)[C@@]1(C#N)[C@@H](C#N)C[C@H]1Sc1ccccc1. The third kappa shape index (κ3) is 2.07. The molecule has 19 heavy (non-hydrogen) atoms. The Hall–Kier alpha value is -1.98. The summed E-state index contributed by atoms with van der Waals surface area (Å²) in [6.45, 7) is 0. The van der Waals surface area contributed by atoms with Crippen molar-refractivity contribution in [2.75, 3.05) is 7.11 Å². The molecule has 1 aromatic rings. The zero-order valence-corrected chi connectivity index (χ0v) is 11.2. The molecule has 1 aromatic carbocycles. The number of nitrogens with zero attached hydrogens (tertiary/aromatic N) is 2. The van der Waals surface area contributed by atoms with Gasteiger partial charge in [0.05, 0.1) is 25.2 Å². The third-order valence-electron chi connectivity index (χ3n) is 3.39. The van der Waals surface area contributed by atoms with Gasteiger partial charge < -0.3 is 4.74 Å². The van der Waals surface area contributed by atoms with E-state index < -0.39 is 17.3 Å². The molecule has 1 aliphatic rings. The van der Waals surface area contributed by atoms with Crippen LogP contribution in [0.25, 0.3) is 0 Å². The van der Waals surface area contributed by atoms with E-state index in [1.54, 1.807) is 0 Å². The number of ether oxygens (including phenoxy) is 1. The van der Waals surface area contributed by atoms with Crippen molar-refractivity contribution in [2.24, 2.45) is 11.3 Å². The molecule has 2 rings (SSSR count). The maximum absolute atomic E-state index is 11.9. The zero-order chi connectivity index (χ0) is 13.9. The fourth-order valence-corrected chi connectivity index (χ4v) is 3.68. The molecular formula is C14H12N2O2S. The largest absolute Gasteiger partial charge is 0.468 e. The zero-order valence-electron chi connectivity index (χ0n) is 10.4. The molecule has 4 nitrogen and oxygen atoms in total. The molecule has 0 bridgehead atoms. The number of hydrogen-bond acceptors (Lipinski definition) is 5. The molecule has 96 valence electrons. The van der Waals surface area contributed by atoms with Gasteiger partial charge in [-0.1, -0.05) is 18.2 Å². The summed E-state index contributed by atoms with van der Waals surface area (Å²) in [6.07, 6.45) is 0.527. The number of esters is 1. The number of carbonyl (C=O) groups excluding carboxylic acids is 1. The number of benzene rings is 1. The molecule has 0 N–H and O–H groups in total. The molecular weight excluding hydrogens is 260 g/mol. The number of rotatable bonds is 3. The van der Waals surface area contributed by atoms with Crippen molar-refractivity contribution in [1.29, 1.82) is 10.5 Å². The average molecular weight is 272 g/mol. The summed E-state index contributed by atoms with van der Waals surface area (Å²) in [7, 11) is 1.25. The van der Waals surface area contributed by atoms with Gasteiger partial charge in [-0.25, -0.2) is 0 Å². The maximum Gasteiger partial charge on any atom is 0.328 e. The number of methoxy groups -OCH3 is 1. The van der Waals surface area contributed by atoms with Crippen molar-refractivity contribution < 1.29 is 9.53 Å². The first-order valence-corrected chi connectivity index (χ1v) is 6.68. The van der Waals surface area contributed by atoms with E-state index in [1.807, 2.05) is 42.5 Å². The third-order valence-corrected chi connectivity index (χ3v) is 4.79. The minimum absolute atomic E-state index is 0.239. The highest BCUT2D eigenvalue weighted by molar-refractivity contribution is 8.00. The summed E-state index contributed by atoms with van der Waals surface area (Å²) < 4.78 is 4.72. The van der Waals surface area contributed by atoms with E-state index in [0.29, 0.717) is 6.42 Å². The molecule has 0 radical (unpaired) electrons. The molecule has 0 heterocycles. The van der Waals surface area contributed by atoms with E-state index in [1.165, 1.54) is 18.9 Å². The van der Waals surface area contributed by atoms with E-state index in [0.717, 1.165) is 4.90 Å². The van der Waals surface area contributed by atoms with Crippen LogP contribution in [0, 0.1) is 34.0 Å². The predicted molar refractivity (Wildman–Crippen MR) is 69.9 cm³/mol. The fourth-order valence-electron chi connectivity index (χ4n) is 2.25. The van der Waals surface area contributed by atoms with Crippen molar-refractivity contribution in [3.8, 4) is 12.1 Å². The molecule has 1 saturated carbocycles. The Labute approximate surface area is 116 Å². The number of nitriles is 2. The van der Waals surface area contributed by atoms with Gasteiger partial charge in [-0.15, -0.1) is 11.8 Å². The molecule has 0 aliphatic heterocycles. The second kappa shape index (κ2) is 5.34. The number of hydrogen-bond donors (Lipinski definition) is 0. The van der Waals surface area contributed by atoms with E-state index in [-0.39, 0.29) is 5.25 Å². The van der Waals surface area contributed by atoms with Crippen LogP contribution in [0.3, 0.4) is 0 Å². The lowest BCUT2D eigenvalue weighted by Gasteiger charge is -2.45.